The van der Waals surface area contributed by atoms with E-state index in [1.165, 1.54) is 43.4 Å². The van der Waals surface area contributed by atoms with Gasteiger partial charge in [0.25, 0.3) is 0 Å². The lowest BCUT2D eigenvalue weighted by Gasteiger charge is -2.08. The van der Waals surface area contributed by atoms with Gasteiger partial charge in [0.2, 0.25) is 0 Å². The summed E-state index contributed by atoms with van der Waals surface area (Å²) in [5.74, 6) is -0.312. The van der Waals surface area contributed by atoms with Crippen LogP contribution in [0.3, 0.4) is 0 Å². The van der Waals surface area contributed by atoms with Crippen molar-refractivity contribution in [3.63, 3.8) is 0 Å². The summed E-state index contributed by atoms with van der Waals surface area (Å²) in [5, 5.41) is 3.07. The highest BCUT2D eigenvalue weighted by atomic mass is 35.5. The summed E-state index contributed by atoms with van der Waals surface area (Å²) in [6.07, 6.45) is 0. The van der Waals surface area contributed by atoms with Crippen molar-refractivity contribution in [1.82, 2.24) is 14.3 Å². The molecule has 0 bridgehead atoms. The van der Waals surface area contributed by atoms with Crippen molar-refractivity contribution in [3.8, 4) is 5.69 Å². The largest absolute Gasteiger partial charge is 0.351 e. The van der Waals surface area contributed by atoms with E-state index < -0.39 is 21.2 Å². The average Bonchev–Trinajstić information content (AvgIpc) is 2.85. The molecule has 3 aromatic rings. The highest BCUT2D eigenvalue weighted by Crippen LogP contribution is 2.25. The van der Waals surface area contributed by atoms with E-state index in [9.17, 15) is 18.0 Å². The van der Waals surface area contributed by atoms with Crippen molar-refractivity contribution in [3.05, 3.63) is 79.0 Å². The molecule has 136 valence electrons. The third-order valence-electron chi connectivity index (χ3n) is 3.80. The van der Waals surface area contributed by atoms with Gasteiger partial charge in [0.05, 0.1) is 16.3 Å². The predicted molar refractivity (Wildman–Crippen MR) is 99.0 cm³/mol. The van der Waals surface area contributed by atoms with Gasteiger partial charge in [-0.1, -0.05) is 23.2 Å². The highest BCUT2D eigenvalue weighted by molar-refractivity contribution is 7.90. The van der Waals surface area contributed by atoms with Gasteiger partial charge in [0.15, 0.2) is 9.84 Å². The van der Waals surface area contributed by atoms with Crippen LogP contribution in [0.15, 0.2) is 56.9 Å². The molecule has 0 fully saturated rings. The Labute approximate surface area is 158 Å². The van der Waals surface area contributed by atoms with Gasteiger partial charge in [-0.3, -0.25) is 0 Å². The number of H-pyrrole nitrogens is 1. The second-order valence-corrected chi connectivity index (χ2v) is 8.42. The van der Waals surface area contributed by atoms with Gasteiger partial charge in [0.1, 0.15) is 0 Å². The van der Waals surface area contributed by atoms with Crippen LogP contribution in [-0.4, -0.2) is 22.8 Å². The molecule has 0 unspecified atom stereocenters. The van der Waals surface area contributed by atoms with Crippen molar-refractivity contribution in [2.45, 2.75) is 10.6 Å². The number of benzene rings is 2. The fraction of sp³-hybridized carbons (Fsp3) is 0.125. The Hall–Kier alpha value is -2.29. The maximum absolute atomic E-state index is 12.6. The molecule has 26 heavy (non-hydrogen) atoms. The number of aromatic nitrogens is 3. The fourth-order valence-corrected chi connectivity index (χ4v) is 4.20. The first kappa shape index (κ1) is 18.5. The number of hydrogen-bond acceptors (Lipinski definition) is 4. The molecule has 1 heterocycles. The molecule has 3 rings (SSSR count). The molecule has 0 aliphatic rings. The number of aromatic amines is 1. The van der Waals surface area contributed by atoms with Crippen LogP contribution in [-0.2, 0) is 22.6 Å². The topological polar surface area (TPSA) is 93.9 Å². The first-order chi connectivity index (χ1) is 12.2. The van der Waals surface area contributed by atoms with E-state index in [1.54, 1.807) is 6.07 Å². The Kier molecular flexibility index (Phi) is 4.83. The molecule has 0 aliphatic heterocycles. The zero-order chi connectivity index (χ0) is 19.1. The normalized spacial score (nSPS) is 11.7. The number of hydrogen-bond donors (Lipinski definition) is 1. The van der Waals surface area contributed by atoms with E-state index in [-0.39, 0.29) is 10.6 Å². The number of sulfone groups is 1. The number of halogens is 2. The maximum atomic E-state index is 12.6. The monoisotopic (exact) mass is 413 g/mol. The second-order valence-electron chi connectivity index (χ2n) is 5.58. The van der Waals surface area contributed by atoms with Crippen molar-refractivity contribution in [1.29, 1.82) is 0 Å². The third kappa shape index (κ3) is 3.48. The lowest BCUT2D eigenvalue weighted by atomic mass is 10.2. The molecular weight excluding hydrogens is 401 g/mol. The van der Waals surface area contributed by atoms with E-state index in [2.05, 4.69) is 5.10 Å². The number of rotatable bonds is 4. The van der Waals surface area contributed by atoms with Crippen LogP contribution >= 0.6 is 23.2 Å². The van der Waals surface area contributed by atoms with Gasteiger partial charge in [0, 0.05) is 17.1 Å². The van der Waals surface area contributed by atoms with Crippen molar-refractivity contribution in [2.75, 3.05) is 0 Å². The summed E-state index contributed by atoms with van der Waals surface area (Å²) in [4.78, 5) is 23.5. The maximum Gasteiger partial charge on any atom is 0.351 e. The Morgan fingerprint density at radius 3 is 2.27 bits per heavy atom. The minimum absolute atomic E-state index is 0.0589. The Balaban J connectivity index is 1.94. The van der Waals surface area contributed by atoms with Crippen molar-refractivity contribution in [2.24, 2.45) is 7.05 Å². The summed E-state index contributed by atoms with van der Waals surface area (Å²) in [6, 6.07) is 10.2. The van der Waals surface area contributed by atoms with Gasteiger partial charge >= 0.3 is 11.4 Å². The molecule has 0 radical (unpaired) electrons. The van der Waals surface area contributed by atoms with Crippen molar-refractivity contribution < 1.29 is 8.42 Å². The average molecular weight is 414 g/mol. The van der Waals surface area contributed by atoms with Crippen LogP contribution in [0.1, 0.15) is 5.56 Å². The van der Waals surface area contributed by atoms with Crippen molar-refractivity contribution >= 4 is 33.0 Å². The molecule has 0 atom stereocenters. The standard InChI is InChI=1S/C16H13Cl2N3O4S/c1-20-15(22)19-21(16(20)23)12-3-5-13(6-4-12)26(24,25)9-10-8-11(17)2-7-14(10)18/h2-8H,9H2,1H3,(H,19,22). The lowest BCUT2D eigenvalue weighted by Crippen LogP contribution is -2.25. The molecule has 0 spiro atoms. The van der Waals surface area contributed by atoms with Crippen LogP contribution in [0.4, 0.5) is 0 Å². The molecular formula is C16H13Cl2N3O4S. The molecule has 0 aliphatic carbocycles. The Morgan fingerprint density at radius 2 is 1.69 bits per heavy atom. The van der Waals surface area contributed by atoms with E-state index in [1.807, 2.05) is 0 Å². The Bertz CT molecular complexity index is 1190. The first-order valence-corrected chi connectivity index (χ1v) is 9.75. The number of nitrogens with zero attached hydrogens (tertiary/aromatic N) is 2. The van der Waals surface area contributed by atoms with E-state index in [0.717, 1.165) is 9.25 Å². The minimum atomic E-state index is -3.67. The summed E-state index contributed by atoms with van der Waals surface area (Å²) in [5.41, 5.74) is -0.391. The Morgan fingerprint density at radius 1 is 1.04 bits per heavy atom. The van der Waals surface area contributed by atoms with Gasteiger partial charge < -0.3 is 0 Å². The van der Waals surface area contributed by atoms with Gasteiger partial charge in [-0.15, -0.1) is 0 Å². The summed E-state index contributed by atoms with van der Waals surface area (Å²) < 4.78 is 27.2. The quantitative estimate of drug-likeness (QED) is 0.708. The van der Waals surface area contributed by atoms with Gasteiger partial charge in [-0.05, 0) is 48.0 Å². The zero-order valence-corrected chi connectivity index (χ0v) is 15.8. The second kappa shape index (κ2) is 6.79. The van der Waals surface area contributed by atoms with E-state index >= 15 is 0 Å². The molecule has 1 aromatic heterocycles. The van der Waals surface area contributed by atoms with Crippen LogP contribution < -0.4 is 11.4 Å². The van der Waals surface area contributed by atoms with Gasteiger partial charge in [-0.2, -0.15) is 0 Å². The molecule has 0 saturated heterocycles. The molecule has 7 nitrogen and oxygen atoms in total. The SMILES string of the molecule is Cn1c(=O)[nH]n(-c2ccc(S(=O)(=O)Cc3cc(Cl)ccc3Cl)cc2)c1=O. The minimum Gasteiger partial charge on any atom is -0.246 e. The van der Waals surface area contributed by atoms with Crippen LogP contribution in [0.25, 0.3) is 5.69 Å². The first-order valence-electron chi connectivity index (χ1n) is 7.34. The number of nitrogens with one attached hydrogen (secondary N) is 1. The van der Waals surface area contributed by atoms with E-state index in [0.29, 0.717) is 21.3 Å². The molecule has 0 saturated carbocycles. The zero-order valence-electron chi connectivity index (χ0n) is 13.4. The van der Waals surface area contributed by atoms with Crippen LogP contribution in [0.2, 0.25) is 10.0 Å². The van der Waals surface area contributed by atoms with Crippen LogP contribution in [0.5, 0.6) is 0 Å². The summed E-state index contributed by atoms with van der Waals surface area (Å²) in [7, 11) is -2.33. The molecule has 1 N–H and O–H groups in total. The highest BCUT2D eigenvalue weighted by Gasteiger charge is 2.18. The molecule has 0 amide bonds. The van der Waals surface area contributed by atoms with Gasteiger partial charge in [-0.25, -0.2) is 32.4 Å². The third-order valence-corrected chi connectivity index (χ3v) is 6.08. The predicted octanol–water partition coefficient (Wildman–Crippen LogP) is 2.14. The smallest absolute Gasteiger partial charge is 0.246 e. The van der Waals surface area contributed by atoms with E-state index in [4.69, 9.17) is 23.2 Å². The fourth-order valence-electron chi connectivity index (χ4n) is 2.37. The molecule has 10 heteroatoms. The molecule has 2 aromatic carbocycles. The van der Waals surface area contributed by atoms with Crippen LogP contribution in [0, 0.1) is 0 Å². The summed E-state index contributed by atoms with van der Waals surface area (Å²) in [6.45, 7) is 0. The lowest BCUT2D eigenvalue weighted by molar-refractivity contribution is 0.595. The summed E-state index contributed by atoms with van der Waals surface area (Å²) >= 11 is 11.9.